The smallest absolute Gasteiger partial charge is 0.258 e. The molecule has 1 aromatic heterocycles. The van der Waals surface area contributed by atoms with Crippen molar-refractivity contribution in [1.29, 1.82) is 0 Å². The lowest BCUT2D eigenvalue weighted by molar-refractivity contribution is -0.113. The Balaban J connectivity index is 1.37. The SMILES string of the molecule is Cn1ccnc1SCC(=O)Nc1ccc(C(=O)N2CCc3ccccc32)cc1. The highest BCUT2D eigenvalue weighted by molar-refractivity contribution is 7.99. The summed E-state index contributed by atoms with van der Waals surface area (Å²) in [7, 11) is 1.89. The van der Waals surface area contributed by atoms with Gasteiger partial charge in [0.05, 0.1) is 5.75 Å². The third-order valence-corrected chi connectivity index (χ3v) is 5.72. The van der Waals surface area contributed by atoms with Crippen molar-refractivity contribution in [2.45, 2.75) is 11.6 Å². The third-order valence-electron chi connectivity index (χ3n) is 4.66. The molecule has 1 N–H and O–H groups in total. The number of hydrogen-bond donors (Lipinski definition) is 1. The van der Waals surface area contributed by atoms with E-state index in [1.54, 1.807) is 30.5 Å². The molecular formula is C21H20N4O2S. The Morgan fingerprint density at radius 1 is 1.14 bits per heavy atom. The number of rotatable bonds is 5. The van der Waals surface area contributed by atoms with E-state index >= 15 is 0 Å². The molecule has 0 spiro atoms. The Kier molecular flexibility index (Phi) is 5.16. The molecule has 0 bridgehead atoms. The first-order valence-electron chi connectivity index (χ1n) is 9.01. The number of hydrogen-bond acceptors (Lipinski definition) is 4. The Morgan fingerprint density at radius 2 is 1.93 bits per heavy atom. The van der Waals surface area contributed by atoms with E-state index < -0.39 is 0 Å². The van der Waals surface area contributed by atoms with E-state index in [-0.39, 0.29) is 17.6 Å². The van der Waals surface area contributed by atoms with E-state index in [4.69, 9.17) is 0 Å². The summed E-state index contributed by atoms with van der Waals surface area (Å²) < 4.78 is 1.87. The molecule has 2 aromatic carbocycles. The van der Waals surface area contributed by atoms with Gasteiger partial charge >= 0.3 is 0 Å². The first-order chi connectivity index (χ1) is 13.6. The minimum Gasteiger partial charge on any atom is -0.329 e. The largest absolute Gasteiger partial charge is 0.329 e. The van der Waals surface area contributed by atoms with Crippen LogP contribution in [-0.2, 0) is 18.3 Å². The predicted molar refractivity (Wildman–Crippen MR) is 111 cm³/mol. The Morgan fingerprint density at radius 3 is 2.68 bits per heavy atom. The molecule has 2 heterocycles. The topological polar surface area (TPSA) is 67.2 Å². The van der Waals surface area contributed by atoms with Gasteiger partial charge in [0.2, 0.25) is 5.91 Å². The number of thioether (sulfide) groups is 1. The van der Waals surface area contributed by atoms with Gasteiger partial charge in [0.25, 0.3) is 5.91 Å². The molecule has 6 nitrogen and oxygen atoms in total. The molecule has 2 amide bonds. The van der Waals surface area contributed by atoms with Crippen LogP contribution in [0.25, 0.3) is 0 Å². The van der Waals surface area contributed by atoms with E-state index in [0.29, 0.717) is 17.8 Å². The van der Waals surface area contributed by atoms with Gasteiger partial charge in [0.1, 0.15) is 0 Å². The lowest BCUT2D eigenvalue weighted by atomic mass is 10.1. The van der Waals surface area contributed by atoms with Crippen LogP contribution in [0.3, 0.4) is 0 Å². The number of nitrogens with one attached hydrogen (secondary N) is 1. The molecule has 0 saturated carbocycles. The van der Waals surface area contributed by atoms with Crippen molar-refractivity contribution < 1.29 is 9.59 Å². The van der Waals surface area contributed by atoms with Crippen LogP contribution in [0.5, 0.6) is 0 Å². The summed E-state index contributed by atoms with van der Waals surface area (Å²) in [6.07, 6.45) is 4.42. The summed E-state index contributed by atoms with van der Waals surface area (Å²) in [6, 6.07) is 15.0. The molecule has 142 valence electrons. The molecule has 4 rings (SSSR count). The fourth-order valence-electron chi connectivity index (χ4n) is 3.22. The van der Waals surface area contributed by atoms with Crippen molar-refractivity contribution in [2.24, 2.45) is 7.05 Å². The van der Waals surface area contributed by atoms with Crippen LogP contribution in [-0.4, -0.2) is 33.7 Å². The number of nitrogens with zero attached hydrogens (tertiary/aromatic N) is 3. The Hall–Kier alpha value is -3.06. The second kappa shape index (κ2) is 7.90. The van der Waals surface area contributed by atoms with Crippen molar-refractivity contribution in [3.63, 3.8) is 0 Å². The standard InChI is InChI=1S/C21H20N4O2S/c1-24-13-11-22-21(24)28-14-19(26)23-17-8-6-16(7-9-17)20(27)25-12-10-15-4-2-3-5-18(15)25/h2-9,11,13H,10,12,14H2,1H3,(H,23,26). The van der Waals surface area contributed by atoms with Gasteiger partial charge in [-0.05, 0) is 42.3 Å². The fraction of sp³-hybridized carbons (Fsp3) is 0.190. The monoisotopic (exact) mass is 392 g/mol. The number of para-hydroxylation sites is 1. The van der Waals surface area contributed by atoms with Gasteiger partial charge in [-0.15, -0.1) is 0 Å². The van der Waals surface area contributed by atoms with Crippen molar-refractivity contribution in [3.8, 4) is 0 Å². The van der Waals surface area contributed by atoms with Gasteiger partial charge in [0, 0.05) is 42.9 Å². The number of fused-ring (bicyclic) bond motifs is 1. The summed E-state index contributed by atoms with van der Waals surface area (Å²) in [4.78, 5) is 31.0. The van der Waals surface area contributed by atoms with E-state index in [2.05, 4.69) is 16.4 Å². The number of amides is 2. The van der Waals surface area contributed by atoms with Crippen LogP contribution in [0.2, 0.25) is 0 Å². The number of aryl methyl sites for hydroxylation is 1. The minimum atomic E-state index is -0.111. The number of carbonyl (C=O) groups is 2. The van der Waals surface area contributed by atoms with Crippen LogP contribution < -0.4 is 10.2 Å². The molecule has 0 saturated heterocycles. The molecule has 28 heavy (non-hydrogen) atoms. The zero-order chi connectivity index (χ0) is 19.5. The zero-order valence-corrected chi connectivity index (χ0v) is 16.3. The van der Waals surface area contributed by atoms with Gasteiger partial charge in [0.15, 0.2) is 5.16 Å². The van der Waals surface area contributed by atoms with Gasteiger partial charge in [-0.3, -0.25) is 9.59 Å². The van der Waals surface area contributed by atoms with Gasteiger partial charge in [-0.25, -0.2) is 4.98 Å². The normalized spacial score (nSPS) is 12.7. The molecular weight excluding hydrogens is 372 g/mol. The van der Waals surface area contributed by atoms with Crippen LogP contribution in [0.4, 0.5) is 11.4 Å². The number of anilines is 2. The summed E-state index contributed by atoms with van der Waals surface area (Å²) in [5.74, 6) is 0.143. The summed E-state index contributed by atoms with van der Waals surface area (Å²) >= 11 is 1.38. The third kappa shape index (κ3) is 3.80. The van der Waals surface area contributed by atoms with E-state index in [9.17, 15) is 9.59 Å². The molecule has 0 unspecified atom stereocenters. The summed E-state index contributed by atoms with van der Waals surface area (Å²) in [6.45, 7) is 0.696. The Labute approximate surface area is 167 Å². The first kappa shape index (κ1) is 18.3. The molecule has 3 aromatic rings. The average molecular weight is 392 g/mol. The fourth-order valence-corrected chi connectivity index (χ4v) is 3.95. The number of imidazole rings is 1. The molecule has 0 atom stereocenters. The maximum atomic E-state index is 12.8. The predicted octanol–water partition coefficient (Wildman–Crippen LogP) is 3.35. The quantitative estimate of drug-likeness (QED) is 0.676. The van der Waals surface area contributed by atoms with Crippen molar-refractivity contribution in [1.82, 2.24) is 9.55 Å². The lowest BCUT2D eigenvalue weighted by Crippen LogP contribution is -2.28. The van der Waals surface area contributed by atoms with Crippen LogP contribution in [0.1, 0.15) is 15.9 Å². The Bertz CT molecular complexity index is 1010. The molecule has 0 radical (unpaired) electrons. The molecule has 0 fully saturated rings. The van der Waals surface area contributed by atoms with Crippen LogP contribution in [0, 0.1) is 0 Å². The highest BCUT2D eigenvalue weighted by Crippen LogP contribution is 2.29. The maximum absolute atomic E-state index is 12.8. The van der Waals surface area contributed by atoms with Crippen molar-refractivity contribution >= 4 is 35.0 Å². The average Bonchev–Trinajstić information content (AvgIpc) is 3.32. The second-order valence-electron chi connectivity index (χ2n) is 6.57. The van der Waals surface area contributed by atoms with Crippen molar-refractivity contribution in [2.75, 3.05) is 22.5 Å². The molecule has 0 aliphatic carbocycles. The van der Waals surface area contributed by atoms with Gasteiger partial charge < -0.3 is 14.8 Å². The number of aromatic nitrogens is 2. The number of benzene rings is 2. The van der Waals surface area contributed by atoms with Crippen molar-refractivity contribution in [3.05, 3.63) is 72.1 Å². The summed E-state index contributed by atoms with van der Waals surface area (Å²) in [5.41, 5.74) is 3.46. The lowest BCUT2D eigenvalue weighted by Gasteiger charge is -2.17. The van der Waals surface area contributed by atoms with Crippen LogP contribution >= 0.6 is 11.8 Å². The van der Waals surface area contributed by atoms with E-state index in [1.165, 1.54) is 17.3 Å². The molecule has 1 aliphatic rings. The minimum absolute atomic E-state index is 0.0202. The van der Waals surface area contributed by atoms with E-state index in [1.807, 2.05) is 40.9 Å². The molecule has 7 heteroatoms. The van der Waals surface area contributed by atoms with Gasteiger partial charge in [-0.2, -0.15) is 0 Å². The number of carbonyl (C=O) groups excluding carboxylic acids is 2. The zero-order valence-electron chi connectivity index (χ0n) is 15.5. The second-order valence-corrected chi connectivity index (χ2v) is 7.51. The highest BCUT2D eigenvalue weighted by Gasteiger charge is 2.24. The highest BCUT2D eigenvalue weighted by atomic mass is 32.2. The maximum Gasteiger partial charge on any atom is 0.258 e. The summed E-state index contributed by atoms with van der Waals surface area (Å²) in [5, 5.41) is 3.65. The van der Waals surface area contributed by atoms with Crippen LogP contribution in [0.15, 0.2) is 66.1 Å². The van der Waals surface area contributed by atoms with Gasteiger partial charge in [-0.1, -0.05) is 30.0 Å². The molecule has 1 aliphatic heterocycles. The van der Waals surface area contributed by atoms with E-state index in [0.717, 1.165) is 17.3 Å². The first-order valence-corrected chi connectivity index (χ1v) is 10.0.